The van der Waals surface area contributed by atoms with Crippen LogP contribution in [0.25, 0.3) is 5.69 Å². The Bertz CT molecular complexity index is 714. The van der Waals surface area contributed by atoms with Crippen molar-refractivity contribution in [2.75, 3.05) is 0 Å². The minimum absolute atomic E-state index is 0.0756. The molecule has 2 aromatic rings. The van der Waals surface area contributed by atoms with Crippen molar-refractivity contribution in [3.63, 3.8) is 0 Å². The van der Waals surface area contributed by atoms with Crippen LogP contribution in [0.15, 0.2) is 35.1 Å². The first-order valence-corrected chi connectivity index (χ1v) is 5.88. The maximum absolute atomic E-state index is 12.1. The van der Waals surface area contributed by atoms with E-state index in [-0.39, 0.29) is 11.1 Å². The molecule has 90 valence electrons. The molecule has 0 saturated carbocycles. The van der Waals surface area contributed by atoms with E-state index in [0.717, 1.165) is 0 Å². The lowest BCUT2D eigenvalue weighted by Gasteiger charge is -2.11. The molecule has 1 heterocycles. The van der Waals surface area contributed by atoms with Gasteiger partial charge in [0.2, 0.25) is 0 Å². The summed E-state index contributed by atoms with van der Waals surface area (Å²) in [5.41, 5.74) is 0.900. The number of nitrogens with zero attached hydrogens (tertiary/aromatic N) is 2. The predicted molar refractivity (Wildman–Crippen MR) is 71.5 cm³/mol. The van der Waals surface area contributed by atoms with Gasteiger partial charge in [-0.2, -0.15) is 5.26 Å². The van der Waals surface area contributed by atoms with Crippen LogP contribution < -0.4 is 5.56 Å². The van der Waals surface area contributed by atoms with E-state index < -0.39 is 0 Å². The van der Waals surface area contributed by atoms with E-state index in [9.17, 15) is 4.79 Å². The fourth-order valence-corrected chi connectivity index (χ4v) is 2.17. The average molecular weight is 279 g/mol. The van der Waals surface area contributed by atoms with Crippen molar-refractivity contribution in [3.05, 3.63) is 62.0 Å². The summed E-state index contributed by atoms with van der Waals surface area (Å²) in [5.74, 6) is 0. The van der Waals surface area contributed by atoms with Crippen molar-refractivity contribution in [1.82, 2.24) is 4.57 Å². The quantitative estimate of drug-likeness (QED) is 0.803. The van der Waals surface area contributed by atoms with Gasteiger partial charge in [0, 0.05) is 10.7 Å². The van der Waals surface area contributed by atoms with Crippen molar-refractivity contribution in [2.45, 2.75) is 6.92 Å². The molecule has 1 aromatic carbocycles. The molecule has 5 heteroatoms. The maximum atomic E-state index is 12.1. The number of aromatic nitrogens is 1. The molecule has 0 aliphatic carbocycles. The number of hydrogen-bond donors (Lipinski definition) is 0. The summed E-state index contributed by atoms with van der Waals surface area (Å²) < 4.78 is 1.40. The molecule has 0 radical (unpaired) electrons. The average Bonchev–Trinajstić information content (AvgIpc) is 2.32. The predicted octanol–water partition coefficient (Wildman–Crippen LogP) is 3.32. The van der Waals surface area contributed by atoms with Gasteiger partial charge >= 0.3 is 0 Å². The van der Waals surface area contributed by atoms with E-state index in [1.807, 2.05) is 6.07 Å². The molecule has 0 atom stereocenters. The van der Waals surface area contributed by atoms with Gasteiger partial charge in [-0.3, -0.25) is 9.36 Å². The van der Waals surface area contributed by atoms with E-state index in [1.165, 1.54) is 10.6 Å². The molecule has 2 rings (SSSR count). The highest BCUT2D eigenvalue weighted by atomic mass is 35.5. The van der Waals surface area contributed by atoms with Gasteiger partial charge in [0.25, 0.3) is 5.56 Å². The van der Waals surface area contributed by atoms with E-state index >= 15 is 0 Å². The molecule has 0 saturated heterocycles. The first-order valence-electron chi connectivity index (χ1n) is 5.13. The van der Waals surface area contributed by atoms with E-state index in [0.29, 0.717) is 21.4 Å². The van der Waals surface area contributed by atoms with Crippen molar-refractivity contribution < 1.29 is 0 Å². The molecule has 0 N–H and O–H groups in total. The highest BCUT2D eigenvalue weighted by molar-refractivity contribution is 6.35. The lowest BCUT2D eigenvalue weighted by molar-refractivity contribution is 0.928. The van der Waals surface area contributed by atoms with Crippen LogP contribution in [0.5, 0.6) is 0 Å². The minimum atomic E-state index is -0.387. The van der Waals surface area contributed by atoms with Crippen molar-refractivity contribution in [3.8, 4) is 11.8 Å². The highest BCUT2D eigenvalue weighted by Gasteiger charge is 2.11. The Labute approximate surface area is 114 Å². The number of pyridine rings is 1. The third-order valence-corrected chi connectivity index (χ3v) is 3.09. The molecule has 0 amide bonds. The molecule has 1 aromatic heterocycles. The summed E-state index contributed by atoms with van der Waals surface area (Å²) >= 11 is 11.9. The van der Waals surface area contributed by atoms with Crippen molar-refractivity contribution in [2.24, 2.45) is 0 Å². The van der Waals surface area contributed by atoms with Crippen LogP contribution in [0.4, 0.5) is 0 Å². The second-order valence-corrected chi connectivity index (χ2v) is 4.58. The van der Waals surface area contributed by atoms with Crippen LogP contribution in [0.3, 0.4) is 0 Å². The smallest absolute Gasteiger partial charge is 0.273 e. The Hall–Kier alpha value is -1.76. The first kappa shape index (κ1) is 12.7. The Morgan fingerprint density at radius 3 is 2.56 bits per heavy atom. The van der Waals surface area contributed by atoms with E-state index in [4.69, 9.17) is 28.5 Å². The Morgan fingerprint density at radius 2 is 1.94 bits per heavy atom. The lowest BCUT2D eigenvalue weighted by Crippen LogP contribution is -2.22. The summed E-state index contributed by atoms with van der Waals surface area (Å²) in [6.45, 7) is 1.77. The van der Waals surface area contributed by atoms with Gasteiger partial charge in [-0.15, -0.1) is 0 Å². The third kappa shape index (κ3) is 2.13. The Kier molecular flexibility index (Phi) is 3.42. The number of benzene rings is 1. The second-order valence-electron chi connectivity index (χ2n) is 3.74. The molecule has 0 bridgehead atoms. The SMILES string of the molecule is Cc1ccc(C#N)c(=O)n1-c1ccc(Cl)cc1Cl. The topological polar surface area (TPSA) is 45.8 Å². The zero-order chi connectivity index (χ0) is 13.3. The zero-order valence-corrected chi connectivity index (χ0v) is 11.0. The summed E-state index contributed by atoms with van der Waals surface area (Å²) in [5, 5.41) is 9.73. The molecule has 18 heavy (non-hydrogen) atoms. The molecule has 0 aliphatic heterocycles. The third-order valence-electron chi connectivity index (χ3n) is 2.55. The minimum Gasteiger partial charge on any atom is -0.279 e. The maximum Gasteiger partial charge on any atom is 0.273 e. The van der Waals surface area contributed by atoms with Gasteiger partial charge < -0.3 is 0 Å². The molecular formula is C13H8Cl2N2O. The van der Waals surface area contributed by atoms with Gasteiger partial charge in [-0.1, -0.05) is 23.2 Å². The van der Waals surface area contributed by atoms with Gasteiger partial charge in [0.05, 0.1) is 10.7 Å². The number of aryl methyl sites for hydroxylation is 1. The largest absolute Gasteiger partial charge is 0.279 e. The summed E-state index contributed by atoms with van der Waals surface area (Å²) in [6, 6.07) is 9.92. The standard InChI is InChI=1S/C13H8Cl2N2O/c1-8-2-3-9(7-16)13(18)17(8)12-5-4-10(14)6-11(12)15/h2-6H,1H3. The van der Waals surface area contributed by atoms with E-state index in [1.54, 1.807) is 31.2 Å². The number of rotatable bonds is 1. The molecule has 0 unspecified atom stereocenters. The normalized spacial score (nSPS) is 10.1. The lowest BCUT2D eigenvalue weighted by atomic mass is 10.2. The van der Waals surface area contributed by atoms with Crippen LogP contribution in [0.1, 0.15) is 11.3 Å². The molecule has 0 fully saturated rings. The fourth-order valence-electron chi connectivity index (χ4n) is 1.68. The van der Waals surface area contributed by atoms with Gasteiger partial charge in [-0.05, 0) is 37.3 Å². The first-order chi connectivity index (χ1) is 8.54. The second kappa shape index (κ2) is 4.85. The van der Waals surface area contributed by atoms with Gasteiger partial charge in [0.15, 0.2) is 0 Å². The molecule has 0 aliphatic rings. The van der Waals surface area contributed by atoms with Gasteiger partial charge in [0.1, 0.15) is 11.6 Å². The Morgan fingerprint density at radius 1 is 1.22 bits per heavy atom. The van der Waals surface area contributed by atoms with Crippen LogP contribution in [0.2, 0.25) is 10.0 Å². The molecule has 3 nitrogen and oxygen atoms in total. The molecular weight excluding hydrogens is 271 g/mol. The monoisotopic (exact) mass is 278 g/mol. The van der Waals surface area contributed by atoms with Crippen molar-refractivity contribution >= 4 is 23.2 Å². The highest BCUT2D eigenvalue weighted by Crippen LogP contribution is 2.24. The molecule has 0 spiro atoms. The summed E-state index contributed by atoms with van der Waals surface area (Å²) in [4.78, 5) is 12.1. The van der Waals surface area contributed by atoms with Crippen LogP contribution in [-0.2, 0) is 0 Å². The zero-order valence-electron chi connectivity index (χ0n) is 9.45. The van der Waals surface area contributed by atoms with Gasteiger partial charge in [-0.25, -0.2) is 0 Å². The summed E-state index contributed by atoms with van der Waals surface area (Å²) in [7, 11) is 0. The number of halogens is 2. The van der Waals surface area contributed by atoms with Crippen LogP contribution in [-0.4, -0.2) is 4.57 Å². The number of nitriles is 1. The Balaban J connectivity index is 2.79. The van der Waals surface area contributed by atoms with Crippen LogP contribution >= 0.6 is 23.2 Å². The van der Waals surface area contributed by atoms with Crippen LogP contribution in [0, 0.1) is 18.3 Å². The fraction of sp³-hybridized carbons (Fsp3) is 0.0769. The summed E-state index contributed by atoms with van der Waals surface area (Å²) in [6.07, 6.45) is 0. The number of hydrogen-bond acceptors (Lipinski definition) is 2. The van der Waals surface area contributed by atoms with E-state index in [2.05, 4.69) is 0 Å². The van der Waals surface area contributed by atoms with Crippen molar-refractivity contribution in [1.29, 1.82) is 5.26 Å².